The van der Waals surface area contributed by atoms with Gasteiger partial charge in [0.1, 0.15) is 5.69 Å². The number of rotatable bonds is 3. The first-order valence-electron chi connectivity index (χ1n) is 8.14. The van der Waals surface area contributed by atoms with Crippen molar-refractivity contribution in [1.29, 1.82) is 0 Å². The second kappa shape index (κ2) is 6.46. The van der Waals surface area contributed by atoms with Crippen LogP contribution in [0.5, 0.6) is 0 Å². The van der Waals surface area contributed by atoms with E-state index >= 15 is 0 Å². The molecule has 0 radical (unpaired) electrons. The van der Waals surface area contributed by atoms with E-state index in [4.69, 9.17) is 0 Å². The van der Waals surface area contributed by atoms with Crippen LogP contribution in [0.4, 0.5) is 5.82 Å². The lowest BCUT2D eigenvalue weighted by Crippen LogP contribution is -2.28. The van der Waals surface area contributed by atoms with E-state index in [1.54, 1.807) is 18.2 Å². The molecule has 2 atom stereocenters. The fourth-order valence-corrected chi connectivity index (χ4v) is 3.15. The largest absolute Gasteiger partial charge is 0.438 e. The van der Waals surface area contributed by atoms with Crippen molar-refractivity contribution in [3.8, 4) is 5.69 Å². The van der Waals surface area contributed by atoms with E-state index in [1.807, 2.05) is 13.0 Å². The summed E-state index contributed by atoms with van der Waals surface area (Å²) in [6.07, 6.45) is 4.11. The van der Waals surface area contributed by atoms with Crippen LogP contribution in [0.2, 0.25) is 0 Å². The van der Waals surface area contributed by atoms with Gasteiger partial charge in [-0.2, -0.15) is 0 Å². The summed E-state index contributed by atoms with van der Waals surface area (Å²) < 4.78 is 0. The summed E-state index contributed by atoms with van der Waals surface area (Å²) in [5, 5.41) is 25.7. The van der Waals surface area contributed by atoms with E-state index in [-0.39, 0.29) is 11.5 Å². The van der Waals surface area contributed by atoms with Gasteiger partial charge in [0.15, 0.2) is 0 Å². The molecular formula is C16H21N5O3. The fraction of sp³-hybridized carbons (Fsp3) is 0.500. The molecule has 8 nitrogen and oxygen atoms in total. The van der Waals surface area contributed by atoms with Crippen LogP contribution < -0.4 is 5.49 Å². The van der Waals surface area contributed by atoms with Gasteiger partial charge in [-0.05, 0) is 53.1 Å². The molecule has 0 saturated heterocycles. The lowest BCUT2D eigenvalue weighted by molar-refractivity contribution is -0.391. The van der Waals surface area contributed by atoms with Crippen molar-refractivity contribution in [2.75, 3.05) is 0 Å². The molecule has 1 aliphatic carbocycles. The van der Waals surface area contributed by atoms with Crippen molar-refractivity contribution in [3.63, 3.8) is 0 Å². The van der Waals surface area contributed by atoms with E-state index in [9.17, 15) is 15.3 Å². The van der Waals surface area contributed by atoms with Gasteiger partial charge in [-0.1, -0.05) is 36.7 Å². The predicted octanol–water partition coefficient (Wildman–Crippen LogP) is 2.61. The molecule has 1 aliphatic rings. The van der Waals surface area contributed by atoms with Gasteiger partial charge in [-0.3, -0.25) is 4.99 Å². The predicted molar refractivity (Wildman–Crippen MR) is 87.1 cm³/mol. The molecule has 24 heavy (non-hydrogen) atoms. The highest BCUT2D eigenvalue weighted by Crippen LogP contribution is 2.26. The van der Waals surface area contributed by atoms with Crippen molar-refractivity contribution in [2.24, 2.45) is 10.9 Å². The maximum atomic E-state index is 11.4. The van der Waals surface area contributed by atoms with Gasteiger partial charge < -0.3 is 15.3 Å². The molecule has 1 N–H and O–H groups in total. The summed E-state index contributed by atoms with van der Waals surface area (Å²) >= 11 is 0. The molecule has 128 valence electrons. The maximum Gasteiger partial charge on any atom is 0.438 e. The minimum absolute atomic E-state index is 0.0361. The Morgan fingerprint density at radius 1 is 1.38 bits per heavy atom. The SMILES string of the molecule is Cc1cccc(-n2nc([N+](=O)[O-])c(=N[C@H]3CCCC[C@H]3C)n2O)c1. The molecule has 0 unspecified atom stereocenters. The number of nitrogens with zero attached hydrogens (tertiary/aromatic N) is 5. The average Bonchev–Trinajstić information content (AvgIpc) is 2.87. The highest BCUT2D eigenvalue weighted by molar-refractivity contribution is 5.34. The molecule has 1 fully saturated rings. The van der Waals surface area contributed by atoms with Gasteiger partial charge in [-0.25, -0.2) is 0 Å². The third kappa shape index (κ3) is 3.04. The number of aromatic nitrogens is 3. The van der Waals surface area contributed by atoms with Crippen molar-refractivity contribution in [2.45, 2.75) is 45.6 Å². The standard InChI is InChI=1S/C16H21N5O3/c1-11-6-5-8-13(10-11)19-18-16(21(23)24)15(20(19)22)17-14-9-4-3-7-12(14)2/h5-6,8,10,12,14,22H,3-4,7,9H2,1-2H3/t12-,14+/m1/s1. The molecule has 1 heterocycles. The third-order valence-electron chi connectivity index (χ3n) is 4.52. The second-order valence-electron chi connectivity index (χ2n) is 6.38. The summed E-state index contributed by atoms with van der Waals surface area (Å²) in [6.45, 7) is 3.99. The quantitative estimate of drug-likeness (QED) is 0.531. The first-order chi connectivity index (χ1) is 11.5. The van der Waals surface area contributed by atoms with Crippen LogP contribution in [0.1, 0.15) is 38.2 Å². The van der Waals surface area contributed by atoms with Crippen LogP contribution in [0.25, 0.3) is 5.69 Å². The van der Waals surface area contributed by atoms with Gasteiger partial charge in [0.25, 0.3) is 5.49 Å². The normalized spacial score (nSPS) is 21.8. The average molecular weight is 331 g/mol. The van der Waals surface area contributed by atoms with Crippen molar-refractivity contribution < 1.29 is 10.1 Å². The summed E-state index contributed by atoms with van der Waals surface area (Å²) in [5.41, 5.74) is 1.41. The summed E-state index contributed by atoms with van der Waals surface area (Å²) in [4.78, 5) is 17.0. The van der Waals surface area contributed by atoms with Gasteiger partial charge in [-0.15, -0.1) is 0 Å². The Balaban J connectivity index is 2.13. The van der Waals surface area contributed by atoms with Gasteiger partial charge in [0.2, 0.25) is 0 Å². The maximum absolute atomic E-state index is 11.4. The van der Waals surface area contributed by atoms with E-state index in [0.717, 1.165) is 36.0 Å². The summed E-state index contributed by atoms with van der Waals surface area (Å²) in [7, 11) is 0. The molecule has 0 spiro atoms. The zero-order chi connectivity index (χ0) is 17.3. The molecule has 8 heteroatoms. The monoisotopic (exact) mass is 331 g/mol. The number of hydrogen-bond donors (Lipinski definition) is 1. The van der Waals surface area contributed by atoms with Crippen molar-refractivity contribution in [3.05, 3.63) is 45.4 Å². The fourth-order valence-electron chi connectivity index (χ4n) is 3.15. The van der Waals surface area contributed by atoms with E-state index < -0.39 is 10.7 Å². The van der Waals surface area contributed by atoms with Gasteiger partial charge in [0, 0.05) is 0 Å². The Bertz CT molecular complexity index is 823. The molecule has 2 aromatic rings. The molecule has 1 aromatic heterocycles. The number of aryl methyl sites for hydroxylation is 1. The van der Waals surface area contributed by atoms with E-state index in [0.29, 0.717) is 16.5 Å². The Morgan fingerprint density at radius 2 is 2.12 bits per heavy atom. The minimum atomic E-state index is -0.606. The van der Waals surface area contributed by atoms with E-state index in [2.05, 4.69) is 17.0 Å². The number of hydrogen-bond acceptors (Lipinski definition) is 5. The van der Waals surface area contributed by atoms with Gasteiger partial charge in [0.05, 0.1) is 11.1 Å². The summed E-state index contributed by atoms with van der Waals surface area (Å²) in [5.74, 6) is -0.0996. The number of benzene rings is 1. The highest BCUT2D eigenvalue weighted by Gasteiger charge is 2.27. The Kier molecular flexibility index (Phi) is 4.37. The molecule has 1 aromatic carbocycles. The number of nitro groups is 1. The summed E-state index contributed by atoms with van der Waals surface area (Å²) in [6, 6.07) is 7.18. The minimum Gasteiger partial charge on any atom is -0.409 e. The van der Waals surface area contributed by atoms with Crippen molar-refractivity contribution >= 4 is 5.82 Å². The van der Waals surface area contributed by atoms with Crippen LogP contribution in [-0.4, -0.2) is 30.9 Å². The molecule has 0 amide bonds. The Morgan fingerprint density at radius 3 is 2.79 bits per heavy atom. The lowest BCUT2D eigenvalue weighted by Gasteiger charge is -2.24. The first-order valence-corrected chi connectivity index (χ1v) is 8.14. The second-order valence-corrected chi connectivity index (χ2v) is 6.38. The molecule has 0 bridgehead atoms. The van der Waals surface area contributed by atoms with Crippen LogP contribution in [0, 0.1) is 23.0 Å². The van der Waals surface area contributed by atoms with Crippen LogP contribution in [0.3, 0.4) is 0 Å². The Hall–Kier alpha value is -2.64. The molecule has 3 rings (SSSR count). The molecule has 1 saturated carbocycles. The Labute approximate surface area is 139 Å². The zero-order valence-electron chi connectivity index (χ0n) is 13.8. The molecule has 0 aliphatic heterocycles. The first kappa shape index (κ1) is 16.2. The third-order valence-corrected chi connectivity index (χ3v) is 4.52. The highest BCUT2D eigenvalue weighted by atomic mass is 16.6. The zero-order valence-corrected chi connectivity index (χ0v) is 13.8. The molecular weight excluding hydrogens is 310 g/mol. The topological polar surface area (TPSA) is 98.5 Å². The van der Waals surface area contributed by atoms with Crippen molar-refractivity contribution in [1.82, 2.24) is 14.7 Å². The van der Waals surface area contributed by atoms with Gasteiger partial charge >= 0.3 is 5.82 Å². The van der Waals surface area contributed by atoms with Crippen LogP contribution >= 0.6 is 0 Å². The van der Waals surface area contributed by atoms with Crippen LogP contribution in [0.15, 0.2) is 29.3 Å². The lowest BCUT2D eigenvalue weighted by atomic mass is 9.86. The van der Waals surface area contributed by atoms with Crippen LogP contribution in [-0.2, 0) is 0 Å². The van der Waals surface area contributed by atoms with E-state index in [1.165, 1.54) is 0 Å². The smallest absolute Gasteiger partial charge is 0.409 e.